The van der Waals surface area contributed by atoms with E-state index in [2.05, 4.69) is 0 Å². The third kappa shape index (κ3) is 6.17. The molecule has 1 fully saturated rings. The molecule has 6 heteroatoms. The number of hydrogen-bond acceptors (Lipinski definition) is 4. The van der Waals surface area contributed by atoms with E-state index in [4.69, 9.17) is 4.74 Å². The van der Waals surface area contributed by atoms with Gasteiger partial charge in [0.05, 0.1) is 5.92 Å². The van der Waals surface area contributed by atoms with Gasteiger partial charge in [-0.2, -0.15) is 0 Å². The summed E-state index contributed by atoms with van der Waals surface area (Å²) in [5.41, 5.74) is 1.60. The molecule has 1 aliphatic heterocycles. The van der Waals surface area contributed by atoms with E-state index in [1.807, 2.05) is 81.4 Å². The summed E-state index contributed by atoms with van der Waals surface area (Å²) in [5.74, 6) is -1.36. The smallest absolute Gasteiger partial charge is 0.311 e. The van der Waals surface area contributed by atoms with Crippen LogP contribution in [0.25, 0.3) is 0 Å². The molecule has 2 aromatic carbocycles. The molecule has 164 valence electrons. The van der Waals surface area contributed by atoms with Crippen LogP contribution in [0.5, 0.6) is 0 Å². The topological polar surface area (TPSA) is 66.9 Å². The van der Waals surface area contributed by atoms with E-state index >= 15 is 0 Å². The molecule has 3 rings (SSSR count). The number of nitrogens with zero attached hydrogens (tertiary/aromatic N) is 2. The molecule has 6 nitrogen and oxygen atoms in total. The highest BCUT2D eigenvalue weighted by Crippen LogP contribution is 2.22. The highest BCUT2D eigenvalue weighted by atomic mass is 16.5. The largest absolute Gasteiger partial charge is 0.455 e. The van der Waals surface area contributed by atoms with Gasteiger partial charge in [0.25, 0.3) is 5.91 Å². The average Bonchev–Trinajstić information content (AvgIpc) is 3.11. The molecule has 0 bridgehead atoms. The van der Waals surface area contributed by atoms with E-state index in [0.717, 1.165) is 11.1 Å². The maximum absolute atomic E-state index is 12.9. The van der Waals surface area contributed by atoms with Crippen molar-refractivity contribution in [1.29, 1.82) is 0 Å². The number of carbonyl (C=O) groups is 3. The number of benzene rings is 2. The number of hydrogen-bond donors (Lipinski definition) is 0. The molecule has 0 saturated carbocycles. The fourth-order valence-corrected chi connectivity index (χ4v) is 3.68. The first-order valence-electron chi connectivity index (χ1n) is 10.6. The molecule has 1 aliphatic rings. The molecule has 0 N–H and O–H groups in total. The Labute approximate surface area is 183 Å². The number of amides is 2. The Morgan fingerprint density at radius 2 is 1.58 bits per heavy atom. The Hall–Kier alpha value is -3.15. The van der Waals surface area contributed by atoms with Gasteiger partial charge in [-0.1, -0.05) is 60.7 Å². The Morgan fingerprint density at radius 1 is 1.00 bits per heavy atom. The van der Waals surface area contributed by atoms with E-state index in [1.54, 1.807) is 9.80 Å². The lowest BCUT2D eigenvalue weighted by atomic mass is 10.0. The monoisotopic (exact) mass is 422 g/mol. The van der Waals surface area contributed by atoms with Gasteiger partial charge in [-0.05, 0) is 31.9 Å². The van der Waals surface area contributed by atoms with Gasteiger partial charge in [0.2, 0.25) is 5.91 Å². The molecule has 0 spiro atoms. The van der Waals surface area contributed by atoms with Crippen LogP contribution in [0.15, 0.2) is 60.7 Å². The van der Waals surface area contributed by atoms with Crippen LogP contribution >= 0.6 is 0 Å². The van der Waals surface area contributed by atoms with Gasteiger partial charge < -0.3 is 14.5 Å². The molecule has 1 heterocycles. The highest BCUT2D eigenvalue weighted by Gasteiger charge is 2.36. The van der Waals surface area contributed by atoms with Crippen molar-refractivity contribution in [2.75, 3.05) is 13.2 Å². The van der Waals surface area contributed by atoms with Crippen LogP contribution in [-0.2, 0) is 32.2 Å². The van der Waals surface area contributed by atoms with E-state index in [-0.39, 0.29) is 24.8 Å². The molecule has 0 aliphatic carbocycles. The zero-order valence-electron chi connectivity index (χ0n) is 18.4. The minimum atomic E-state index is -0.541. The first-order valence-corrected chi connectivity index (χ1v) is 10.6. The molecular formula is C25H30N2O4. The minimum absolute atomic E-state index is 0.0717. The van der Waals surface area contributed by atoms with E-state index < -0.39 is 17.4 Å². The number of ether oxygens (including phenoxy) is 1. The summed E-state index contributed by atoms with van der Waals surface area (Å²) in [6.07, 6.45) is 0.118. The van der Waals surface area contributed by atoms with E-state index in [0.29, 0.717) is 19.6 Å². The van der Waals surface area contributed by atoms with E-state index in [1.165, 1.54) is 0 Å². The number of esters is 1. The summed E-state index contributed by atoms with van der Waals surface area (Å²) in [6, 6.07) is 19.4. The third-order valence-corrected chi connectivity index (χ3v) is 5.40. The number of likely N-dealkylation sites (tertiary alicyclic amines) is 1. The number of carbonyl (C=O) groups excluding carboxylic acids is 3. The third-order valence-electron chi connectivity index (χ3n) is 5.40. The van der Waals surface area contributed by atoms with Gasteiger partial charge >= 0.3 is 5.97 Å². The molecule has 31 heavy (non-hydrogen) atoms. The Bertz CT molecular complexity index is 906. The van der Waals surface area contributed by atoms with Crippen molar-refractivity contribution in [3.8, 4) is 0 Å². The molecular weight excluding hydrogens is 392 g/mol. The van der Waals surface area contributed by atoms with Crippen molar-refractivity contribution in [2.24, 2.45) is 5.92 Å². The molecule has 0 radical (unpaired) electrons. The van der Waals surface area contributed by atoms with Crippen molar-refractivity contribution < 1.29 is 19.1 Å². The molecule has 1 atom stereocenters. The maximum atomic E-state index is 12.9. The van der Waals surface area contributed by atoms with Gasteiger partial charge in [-0.25, -0.2) is 0 Å². The zero-order valence-corrected chi connectivity index (χ0v) is 18.4. The minimum Gasteiger partial charge on any atom is -0.455 e. The second kappa shape index (κ2) is 9.77. The Kier molecular flexibility index (Phi) is 7.10. The Balaban J connectivity index is 1.55. The summed E-state index contributed by atoms with van der Waals surface area (Å²) in [7, 11) is 0. The fourth-order valence-electron chi connectivity index (χ4n) is 3.68. The van der Waals surface area contributed by atoms with Crippen molar-refractivity contribution >= 4 is 17.8 Å². The van der Waals surface area contributed by atoms with Crippen LogP contribution in [-0.4, -0.2) is 46.3 Å². The van der Waals surface area contributed by atoms with Gasteiger partial charge in [0.15, 0.2) is 6.61 Å². The first kappa shape index (κ1) is 22.5. The second-order valence-electron chi connectivity index (χ2n) is 8.90. The lowest BCUT2D eigenvalue weighted by Gasteiger charge is -2.35. The quantitative estimate of drug-likeness (QED) is 0.642. The predicted octanol–water partition coefficient (Wildman–Crippen LogP) is 3.41. The van der Waals surface area contributed by atoms with Crippen molar-refractivity contribution in [2.45, 2.75) is 45.8 Å². The molecule has 2 aromatic rings. The number of rotatable bonds is 7. The van der Waals surface area contributed by atoms with Crippen LogP contribution in [0, 0.1) is 5.92 Å². The molecule has 1 saturated heterocycles. The summed E-state index contributed by atoms with van der Waals surface area (Å²) in [5, 5.41) is 0. The molecule has 2 amide bonds. The fraction of sp³-hybridized carbons (Fsp3) is 0.400. The van der Waals surface area contributed by atoms with Gasteiger partial charge in [0, 0.05) is 31.6 Å². The Morgan fingerprint density at radius 3 is 2.16 bits per heavy atom. The van der Waals surface area contributed by atoms with Crippen molar-refractivity contribution in [3.63, 3.8) is 0 Å². The van der Waals surface area contributed by atoms with Crippen LogP contribution in [0.3, 0.4) is 0 Å². The normalized spacial score (nSPS) is 16.3. The highest BCUT2D eigenvalue weighted by molar-refractivity contribution is 5.88. The predicted molar refractivity (Wildman–Crippen MR) is 118 cm³/mol. The lowest BCUT2D eigenvalue weighted by Crippen LogP contribution is -2.47. The second-order valence-corrected chi connectivity index (χ2v) is 8.90. The SMILES string of the molecule is CC(C)(C)N(Cc1ccccc1)C(=O)COC(=O)[C@H]1CC(=O)N(Cc2ccccc2)C1. The summed E-state index contributed by atoms with van der Waals surface area (Å²) in [4.78, 5) is 41.1. The summed E-state index contributed by atoms with van der Waals surface area (Å²) >= 11 is 0. The van der Waals surface area contributed by atoms with E-state index in [9.17, 15) is 14.4 Å². The summed E-state index contributed by atoms with van der Waals surface area (Å²) in [6.45, 7) is 6.75. The molecule has 0 aromatic heterocycles. The van der Waals surface area contributed by atoms with Gasteiger partial charge in [-0.15, -0.1) is 0 Å². The van der Waals surface area contributed by atoms with Crippen LogP contribution in [0.4, 0.5) is 0 Å². The molecule has 0 unspecified atom stereocenters. The maximum Gasteiger partial charge on any atom is 0.311 e. The summed E-state index contributed by atoms with van der Waals surface area (Å²) < 4.78 is 5.34. The lowest BCUT2D eigenvalue weighted by molar-refractivity contribution is -0.157. The zero-order chi connectivity index (χ0) is 22.4. The standard InChI is InChI=1S/C25H30N2O4/c1-25(2,3)27(16-20-12-8-5-9-13-20)23(29)18-31-24(30)21-14-22(28)26(17-21)15-19-10-6-4-7-11-19/h4-13,21H,14-18H2,1-3H3/t21-/m0/s1. The first-order chi connectivity index (χ1) is 14.7. The average molecular weight is 423 g/mol. The van der Waals surface area contributed by atoms with Gasteiger partial charge in [0.1, 0.15) is 0 Å². The van der Waals surface area contributed by atoms with Crippen LogP contribution in [0.2, 0.25) is 0 Å². The van der Waals surface area contributed by atoms with Gasteiger partial charge in [-0.3, -0.25) is 14.4 Å². The van der Waals surface area contributed by atoms with Crippen molar-refractivity contribution in [1.82, 2.24) is 9.80 Å². The van der Waals surface area contributed by atoms with Crippen LogP contribution < -0.4 is 0 Å². The van der Waals surface area contributed by atoms with Crippen LogP contribution in [0.1, 0.15) is 38.3 Å². The van der Waals surface area contributed by atoms with Crippen molar-refractivity contribution in [3.05, 3.63) is 71.8 Å².